The Bertz CT molecular complexity index is 723. The maximum atomic E-state index is 12.8. The molecular weight excluding hydrogens is 300 g/mol. The summed E-state index contributed by atoms with van der Waals surface area (Å²) in [7, 11) is 2.73. The molecule has 2 N–H and O–H groups in total. The smallest absolute Gasteiger partial charge is 0.200 e. The van der Waals surface area contributed by atoms with Gasteiger partial charge in [0, 0.05) is 6.07 Å². The summed E-state index contributed by atoms with van der Waals surface area (Å²) in [5.41, 5.74) is 1.55. The number of hydrogen-bond donors (Lipinski definition) is 2. The molecule has 6 nitrogen and oxygen atoms in total. The average Bonchev–Trinajstić information content (AvgIpc) is 2.51. The molecular formula is C17H18O6. The van der Waals surface area contributed by atoms with Crippen LogP contribution in [0.15, 0.2) is 30.3 Å². The highest BCUT2D eigenvalue weighted by Crippen LogP contribution is 2.33. The van der Waals surface area contributed by atoms with E-state index in [4.69, 9.17) is 9.62 Å². The zero-order chi connectivity index (χ0) is 17.0. The van der Waals surface area contributed by atoms with Crippen LogP contribution in [0.2, 0.25) is 0 Å². The van der Waals surface area contributed by atoms with Gasteiger partial charge in [0.25, 0.3) is 0 Å². The van der Waals surface area contributed by atoms with Gasteiger partial charge in [0.1, 0.15) is 23.9 Å². The Morgan fingerprint density at radius 2 is 1.87 bits per heavy atom. The predicted molar refractivity (Wildman–Crippen MR) is 82.7 cm³/mol. The molecule has 0 aliphatic carbocycles. The Hall–Kier alpha value is -2.57. The number of hydrogen-bond acceptors (Lipinski definition) is 6. The number of aromatic hydroxyl groups is 2. The Balaban J connectivity index is 2.57. The summed E-state index contributed by atoms with van der Waals surface area (Å²) in [5.74, 6) is -0.441. The molecule has 0 bridgehead atoms. The van der Waals surface area contributed by atoms with Gasteiger partial charge in [-0.2, -0.15) is 0 Å². The minimum Gasteiger partial charge on any atom is -0.508 e. The molecule has 2 aromatic rings. The summed E-state index contributed by atoms with van der Waals surface area (Å²) >= 11 is 0. The first-order valence-corrected chi connectivity index (χ1v) is 6.87. The minimum atomic E-state index is -0.436. The summed E-state index contributed by atoms with van der Waals surface area (Å²) in [6, 6.07) is 7.49. The highest BCUT2D eigenvalue weighted by molar-refractivity contribution is 6.13. The van der Waals surface area contributed by atoms with Crippen molar-refractivity contribution in [1.82, 2.24) is 0 Å². The van der Waals surface area contributed by atoms with E-state index < -0.39 is 5.78 Å². The van der Waals surface area contributed by atoms with Crippen LogP contribution in [-0.4, -0.2) is 30.2 Å². The molecule has 0 atom stereocenters. The molecule has 0 amide bonds. The maximum absolute atomic E-state index is 12.8. The topological polar surface area (TPSA) is 85.2 Å². The summed E-state index contributed by atoms with van der Waals surface area (Å²) < 4.78 is 5.19. The van der Waals surface area contributed by atoms with Crippen molar-refractivity contribution in [3.63, 3.8) is 0 Å². The number of methoxy groups -OCH3 is 1. The SMILES string of the molecule is COOCc1cc(O)cc(OC)c1C(=O)c1ccc(C)cc1O. The zero-order valence-electron chi connectivity index (χ0n) is 13.1. The molecule has 0 heterocycles. The van der Waals surface area contributed by atoms with Gasteiger partial charge in [-0.1, -0.05) is 6.07 Å². The fourth-order valence-electron chi connectivity index (χ4n) is 2.28. The molecule has 6 heteroatoms. The lowest BCUT2D eigenvalue weighted by molar-refractivity contribution is -0.282. The molecule has 0 aliphatic heterocycles. The van der Waals surface area contributed by atoms with Gasteiger partial charge < -0.3 is 14.9 Å². The number of rotatable bonds is 6. The van der Waals surface area contributed by atoms with Crippen molar-refractivity contribution in [1.29, 1.82) is 0 Å². The number of aryl methyl sites for hydroxylation is 1. The van der Waals surface area contributed by atoms with E-state index in [0.29, 0.717) is 5.56 Å². The molecule has 0 saturated heterocycles. The summed E-state index contributed by atoms with van der Waals surface area (Å²) in [4.78, 5) is 22.3. The van der Waals surface area contributed by atoms with Gasteiger partial charge in [-0.15, -0.1) is 0 Å². The number of carbonyl (C=O) groups excluding carboxylic acids is 1. The van der Waals surface area contributed by atoms with Crippen LogP contribution in [-0.2, 0) is 16.4 Å². The first-order valence-electron chi connectivity index (χ1n) is 6.87. The Labute approximate surface area is 133 Å². The van der Waals surface area contributed by atoms with Gasteiger partial charge in [-0.3, -0.25) is 4.79 Å². The van der Waals surface area contributed by atoms with Gasteiger partial charge >= 0.3 is 0 Å². The average molecular weight is 318 g/mol. The highest BCUT2D eigenvalue weighted by atomic mass is 17.2. The third kappa shape index (κ3) is 3.61. The van der Waals surface area contributed by atoms with E-state index in [9.17, 15) is 15.0 Å². The van der Waals surface area contributed by atoms with Gasteiger partial charge in [-0.25, -0.2) is 9.78 Å². The second-order valence-electron chi connectivity index (χ2n) is 4.96. The molecule has 0 unspecified atom stereocenters. The molecule has 0 aliphatic rings. The van der Waals surface area contributed by atoms with Crippen molar-refractivity contribution in [2.24, 2.45) is 0 Å². The minimum absolute atomic E-state index is 0.0606. The number of benzene rings is 2. The van der Waals surface area contributed by atoms with E-state index in [2.05, 4.69) is 4.89 Å². The van der Waals surface area contributed by atoms with Crippen LogP contribution < -0.4 is 4.74 Å². The quantitative estimate of drug-likeness (QED) is 0.484. The lowest BCUT2D eigenvalue weighted by Crippen LogP contribution is -2.09. The Kier molecular flexibility index (Phi) is 5.20. The molecule has 122 valence electrons. The monoisotopic (exact) mass is 318 g/mol. The van der Waals surface area contributed by atoms with Crippen LogP contribution in [0.3, 0.4) is 0 Å². The fraction of sp³-hybridized carbons (Fsp3) is 0.235. The molecule has 2 aromatic carbocycles. The lowest BCUT2D eigenvalue weighted by atomic mass is 9.96. The zero-order valence-corrected chi connectivity index (χ0v) is 13.1. The van der Waals surface area contributed by atoms with E-state index in [-0.39, 0.29) is 35.0 Å². The van der Waals surface area contributed by atoms with Crippen molar-refractivity contribution >= 4 is 5.78 Å². The van der Waals surface area contributed by atoms with Gasteiger partial charge in [0.15, 0.2) is 0 Å². The van der Waals surface area contributed by atoms with Crippen LogP contribution >= 0.6 is 0 Å². The molecule has 23 heavy (non-hydrogen) atoms. The normalized spacial score (nSPS) is 10.6. The van der Waals surface area contributed by atoms with E-state index in [1.165, 1.54) is 32.4 Å². The van der Waals surface area contributed by atoms with E-state index in [0.717, 1.165) is 5.56 Å². The summed E-state index contributed by atoms with van der Waals surface area (Å²) in [6.45, 7) is 1.75. The van der Waals surface area contributed by atoms with Crippen LogP contribution in [0.5, 0.6) is 17.2 Å². The summed E-state index contributed by atoms with van der Waals surface area (Å²) in [6.07, 6.45) is 0. The second-order valence-corrected chi connectivity index (χ2v) is 4.96. The molecule has 0 radical (unpaired) electrons. The van der Waals surface area contributed by atoms with Crippen LogP contribution in [0, 0.1) is 6.92 Å². The molecule has 0 spiro atoms. The van der Waals surface area contributed by atoms with Crippen molar-refractivity contribution in [3.05, 3.63) is 52.6 Å². The number of ketones is 1. The van der Waals surface area contributed by atoms with Crippen molar-refractivity contribution in [2.45, 2.75) is 13.5 Å². The Morgan fingerprint density at radius 3 is 2.48 bits per heavy atom. The molecule has 0 fully saturated rings. The standard InChI is InChI=1S/C17H18O6/c1-10-4-5-13(14(19)6-10)17(20)16-11(9-23-22-3)7-12(18)8-15(16)21-2/h4-8,18-19H,9H2,1-3H3. The highest BCUT2D eigenvalue weighted by Gasteiger charge is 2.23. The van der Waals surface area contributed by atoms with Gasteiger partial charge in [0.2, 0.25) is 5.78 Å². The third-order valence-corrected chi connectivity index (χ3v) is 3.35. The van der Waals surface area contributed by atoms with E-state index in [1.54, 1.807) is 12.1 Å². The van der Waals surface area contributed by atoms with Crippen molar-refractivity contribution in [2.75, 3.05) is 14.2 Å². The summed E-state index contributed by atoms with van der Waals surface area (Å²) in [5, 5.41) is 19.8. The number of phenols is 2. The van der Waals surface area contributed by atoms with Crippen molar-refractivity contribution < 1.29 is 29.5 Å². The fourth-order valence-corrected chi connectivity index (χ4v) is 2.28. The van der Waals surface area contributed by atoms with Crippen LogP contribution in [0.1, 0.15) is 27.0 Å². The Morgan fingerprint density at radius 1 is 1.13 bits per heavy atom. The largest absolute Gasteiger partial charge is 0.508 e. The van der Waals surface area contributed by atoms with Gasteiger partial charge in [0.05, 0.1) is 25.3 Å². The van der Waals surface area contributed by atoms with Crippen LogP contribution in [0.4, 0.5) is 0 Å². The lowest BCUT2D eigenvalue weighted by Gasteiger charge is -2.14. The maximum Gasteiger partial charge on any atom is 0.200 e. The van der Waals surface area contributed by atoms with E-state index >= 15 is 0 Å². The first kappa shape index (κ1) is 16.8. The first-order chi connectivity index (χ1) is 11.0. The third-order valence-electron chi connectivity index (χ3n) is 3.35. The van der Waals surface area contributed by atoms with Gasteiger partial charge in [-0.05, 0) is 36.2 Å². The molecule has 0 aromatic heterocycles. The molecule has 0 saturated carbocycles. The van der Waals surface area contributed by atoms with Crippen LogP contribution in [0.25, 0.3) is 0 Å². The number of carbonyl (C=O) groups is 1. The second kappa shape index (κ2) is 7.13. The van der Waals surface area contributed by atoms with E-state index in [1.807, 2.05) is 6.92 Å². The molecule has 2 rings (SSSR count). The van der Waals surface area contributed by atoms with Crippen molar-refractivity contribution in [3.8, 4) is 17.2 Å². The number of phenolic OH excluding ortho intramolecular Hbond substituents is 2. The predicted octanol–water partition coefficient (Wildman–Crippen LogP) is 2.72. The number of ether oxygens (including phenoxy) is 1.